The molecule has 6 aromatic rings. The molecule has 0 N–H and O–H groups in total. The molecule has 0 unspecified atom stereocenters. The number of hydrogen-bond donors (Lipinski definition) is 0. The van der Waals surface area contributed by atoms with E-state index < -0.39 is 0 Å². The van der Waals surface area contributed by atoms with Crippen LogP contribution in [0.4, 0.5) is 23.0 Å². The Balaban J connectivity index is 0.000000184. The summed E-state index contributed by atoms with van der Waals surface area (Å²) < 4.78 is 0. The second kappa shape index (κ2) is 13.5. The van der Waals surface area contributed by atoms with E-state index in [4.69, 9.17) is 0 Å². The SMILES string of the molecule is Cc1ccnc(N=Nc2c([O-])ccc3ccccc23)c1.Cc1ccnc(N=Nc2c([O-])ccc3ccccc23)c1.[Zn+2]. The molecule has 2 heterocycles. The predicted octanol–water partition coefficient (Wildman–Crippen LogP) is 8.06. The molecule has 196 valence electrons. The molecule has 0 aliphatic heterocycles. The van der Waals surface area contributed by atoms with Crippen LogP contribution in [0.15, 0.2) is 130 Å². The van der Waals surface area contributed by atoms with E-state index >= 15 is 0 Å². The second-order valence-corrected chi connectivity index (χ2v) is 9.05. The molecule has 4 aromatic carbocycles. The molecule has 0 aliphatic carbocycles. The van der Waals surface area contributed by atoms with Crippen molar-refractivity contribution in [1.82, 2.24) is 9.97 Å². The van der Waals surface area contributed by atoms with E-state index in [9.17, 15) is 10.2 Å². The number of aryl methyl sites for hydroxylation is 2. The van der Waals surface area contributed by atoms with E-state index in [1.54, 1.807) is 24.5 Å². The van der Waals surface area contributed by atoms with Gasteiger partial charge in [0.25, 0.3) is 0 Å². The summed E-state index contributed by atoms with van der Waals surface area (Å²) >= 11 is 0. The van der Waals surface area contributed by atoms with Crippen LogP contribution in [-0.4, -0.2) is 9.97 Å². The van der Waals surface area contributed by atoms with Crippen molar-refractivity contribution < 1.29 is 29.7 Å². The molecule has 0 atom stereocenters. The van der Waals surface area contributed by atoms with Crippen LogP contribution in [0.1, 0.15) is 11.1 Å². The van der Waals surface area contributed by atoms with Crippen LogP contribution in [0.2, 0.25) is 0 Å². The molecular formula is C32H24N6O2Zn. The summed E-state index contributed by atoms with van der Waals surface area (Å²) in [5.41, 5.74) is 2.81. The third kappa shape index (κ3) is 7.21. The van der Waals surface area contributed by atoms with Crippen LogP contribution in [0.3, 0.4) is 0 Å². The molecule has 6 rings (SSSR count). The van der Waals surface area contributed by atoms with Crippen molar-refractivity contribution in [2.24, 2.45) is 20.5 Å². The fraction of sp³-hybridized carbons (Fsp3) is 0.0625. The fourth-order valence-electron chi connectivity index (χ4n) is 4.03. The maximum absolute atomic E-state index is 11.9. The van der Waals surface area contributed by atoms with E-state index in [1.165, 1.54) is 12.1 Å². The summed E-state index contributed by atoms with van der Waals surface area (Å²) in [6.07, 6.45) is 3.34. The summed E-state index contributed by atoms with van der Waals surface area (Å²) in [6.45, 7) is 3.91. The third-order valence-corrected chi connectivity index (χ3v) is 6.03. The topological polar surface area (TPSA) is 121 Å². The molecule has 0 bridgehead atoms. The van der Waals surface area contributed by atoms with Gasteiger partial charge in [0.05, 0.1) is 11.4 Å². The maximum atomic E-state index is 11.9. The number of azo groups is 2. The zero-order chi connectivity index (χ0) is 27.9. The van der Waals surface area contributed by atoms with Crippen LogP contribution in [0, 0.1) is 13.8 Å². The van der Waals surface area contributed by atoms with Crippen molar-refractivity contribution in [3.63, 3.8) is 0 Å². The van der Waals surface area contributed by atoms with Gasteiger partial charge in [0.15, 0.2) is 11.6 Å². The van der Waals surface area contributed by atoms with Crippen LogP contribution >= 0.6 is 0 Å². The molecule has 0 radical (unpaired) electrons. The van der Waals surface area contributed by atoms with Gasteiger partial charge in [-0.25, -0.2) is 9.97 Å². The first-order chi connectivity index (χ1) is 19.5. The van der Waals surface area contributed by atoms with E-state index in [1.807, 2.05) is 86.6 Å². The summed E-state index contributed by atoms with van der Waals surface area (Å²) in [4.78, 5) is 8.20. The van der Waals surface area contributed by atoms with Gasteiger partial charge in [-0.2, -0.15) is 0 Å². The maximum Gasteiger partial charge on any atom is 2.00 e. The number of nitrogens with zero attached hydrogens (tertiary/aromatic N) is 6. The Bertz CT molecular complexity index is 1740. The Morgan fingerprint density at radius 3 is 1.34 bits per heavy atom. The van der Waals surface area contributed by atoms with Gasteiger partial charge in [-0.3, -0.25) is 0 Å². The molecule has 0 saturated heterocycles. The molecule has 41 heavy (non-hydrogen) atoms. The fourth-order valence-corrected chi connectivity index (χ4v) is 4.03. The minimum absolute atomic E-state index is 0. The summed E-state index contributed by atoms with van der Waals surface area (Å²) in [5.74, 6) is 0.717. The number of rotatable bonds is 4. The van der Waals surface area contributed by atoms with Gasteiger partial charge in [-0.15, -0.1) is 20.5 Å². The minimum Gasteiger partial charge on any atom is -0.871 e. The first kappa shape index (κ1) is 29.1. The molecular weight excluding hydrogens is 566 g/mol. The van der Waals surface area contributed by atoms with Crippen molar-refractivity contribution in [2.75, 3.05) is 0 Å². The Morgan fingerprint density at radius 1 is 0.512 bits per heavy atom. The summed E-state index contributed by atoms with van der Waals surface area (Å²) in [5, 5.41) is 43.8. The van der Waals surface area contributed by atoms with E-state index in [2.05, 4.69) is 30.4 Å². The second-order valence-electron chi connectivity index (χ2n) is 9.05. The van der Waals surface area contributed by atoms with Gasteiger partial charge in [0.1, 0.15) is 0 Å². The Hall–Kier alpha value is -4.88. The van der Waals surface area contributed by atoms with Gasteiger partial charge in [0, 0.05) is 23.2 Å². The monoisotopic (exact) mass is 588 g/mol. The Labute approximate surface area is 250 Å². The number of fused-ring (bicyclic) bond motifs is 2. The quantitative estimate of drug-likeness (QED) is 0.152. The average molecular weight is 590 g/mol. The van der Waals surface area contributed by atoms with Crippen molar-refractivity contribution in [3.8, 4) is 11.5 Å². The van der Waals surface area contributed by atoms with Crippen molar-refractivity contribution in [2.45, 2.75) is 13.8 Å². The number of aromatic nitrogens is 2. The van der Waals surface area contributed by atoms with Crippen LogP contribution < -0.4 is 10.2 Å². The molecule has 0 amide bonds. The van der Waals surface area contributed by atoms with Crippen LogP contribution in [0.5, 0.6) is 11.5 Å². The summed E-state index contributed by atoms with van der Waals surface area (Å²) in [6, 6.07) is 29.3. The first-order valence-corrected chi connectivity index (χ1v) is 12.5. The largest absolute Gasteiger partial charge is 2.00 e. The third-order valence-electron chi connectivity index (χ3n) is 6.03. The molecule has 0 aliphatic rings. The molecule has 0 saturated carbocycles. The van der Waals surface area contributed by atoms with Crippen LogP contribution in [0.25, 0.3) is 21.5 Å². The number of benzene rings is 4. The predicted molar refractivity (Wildman–Crippen MR) is 153 cm³/mol. The average Bonchev–Trinajstić information content (AvgIpc) is 2.97. The Morgan fingerprint density at radius 2 is 0.927 bits per heavy atom. The van der Waals surface area contributed by atoms with E-state index in [0.29, 0.717) is 23.0 Å². The van der Waals surface area contributed by atoms with Gasteiger partial charge in [-0.05, 0) is 60.0 Å². The van der Waals surface area contributed by atoms with Crippen molar-refractivity contribution in [3.05, 3.63) is 121 Å². The standard InChI is InChI=1S/2C16H13N3O.Zn/c2*1-11-8-9-17-15(10-11)18-19-16-13-5-3-2-4-12(13)6-7-14(16)20;/h2*2-10,20H,1H3;/q;;+2/p-2. The minimum atomic E-state index is -0.139. The number of pyridine rings is 2. The van der Waals surface area contributed by atoms with Gasteiger partial charge in [0.2, 0.25) is 0 Å². The van der Waals surface area contributed by atoms with Gasteiger partial charge < -0.3 is 10.2 Å². The Kier molecular flexibility index (Phi) is 9.56. The van der Waals surface area contributed by atoms with E-state index in [-0.39, 0.29) is 31.0 Å². The van der Waals surface area contributed by atoms with E-state index in [0.717, 1.165) is 32.7 Å². The van der Waals surface area contributed by atoms with Gasteiger partial charge >= 0.3 is 19.5 Å². The summed E-state index contributed by atoms with van der Waals surface area (Å²) in [7, 11) is 0. The van der Waals surface area contributed by atoms with Crippen molar-refractivity contribution >= 4 is 44.6 Å². The molecule has 0 fully saturated rings. The molecule has 2 aromatic heterocycles. The smallest absolute Gasteiger partial charge is 0.871 e. The molecule has 8 nitrogen and oxygen atoms in total. The first-order valence-electron chi connectivity index (χ1n) is 12.5. The zero-order valence-electron chi connectivity index (χ0n) is 22.6. The van der Waals surface area contributed by atoms with Crippen molar-refractivity contribution in [1.29, 1.82) is 0 Å². The van der Waals surface area contributed by atoms with Crippen LogP contribution in [-0.2, 0) is 19.5 Å². The van der Waals surface area contributed by atoms with Gasteiger partial charge in [-0.1, -0.05) is 84.3 Å². The molecule has 9 heteroatoms. The zero-order valence-corrected chi connectivity index (χ0v) is 25.6. The normalized spacial score (nSPS) is 11.0. The number of hydrogen-bond acceptors (Lipinski definition) is 8. The molecule has 0 spiro atoms.